The molecule has 0 unspecified atom stereocenters. The number of aromatic nitrogens is 1. The van der Waals surface area contributed by atoms with Crippen LogP contribution in [0.25, 0.3) is 11.3 Å². The van der Waals surface area contributed by atoms with Crippen LogP contribution in [-0.2, 0) is 4.74 Å². The zero-order valence-corrected chi connectivity index (χ0v) is 12.5. The number of hydrogen-bond donors (Lipinski definition) is 0. The molecule has 2 aromatic rings. The Morgan fingerprint density at radius 1 is 1.05 bits per heavy atom. The number of nitrogens with zero attached hydrogens (tertiary/aromatic N) is 1. The van der Waals surface area contributed by atoms with Gasteiger partial charge in [-0.2, -0.15) is 0 Å². The number of carbonyl (C=O) groups is 2. The third-order valence-electron chi connectivity index (χ3n) is 3.12. The number of carbonyl (C=O) groups excluding carboxylic acids is 2. The number of esters is 1. The van der Waals surface area contributed by atoms with Crippen LogP contribution in [0.4, 0.5) is 0 Å². The molecule has 6 nitrogen and oxygen atoms in total. The van der Waals surface area contributed by atoms with E-state index in [1.165, 1.54) is 20.3 Å². The predicted molar refractivity (Wildman–Crippen MR) is 79.5 cm³/mol. The van der Waals surface area contributed by atoms with Crippen LogP contribution in [0, 0.1) is 0 Å². The quantitative estimate of drug-likeness (QED) is 0.623. The molecule has 0 aliphatic rings. The molecular formula is C16H15NO5. The molecule has 1 heterocycles. The monoisotopic (exact) mass is 301 g/mol. The summed E-state index contributed by atoms with van der Waals surface area (Å²) < 4.78 is 15.0. The smallest absolute Gasteiger partial charge is 0.340 e. The van der Waals surface area contributed by atoms with Crippen LogP contribution in [0.5, 0.6) is 11.5 Å². The SMILES string of the molecule is COC(=O)c1ccc(-c2ccc(OC)c(OC)c2)nc1C=O. The molecule has 0 fully saturated rings. The molecule has 0 amide bonds. The summed E-state index contributed by atoms with van der Waals surface area (Å²) in [5.41, 5.74) is 1.42. The lowest BCUT2D eigenvalue weighted by Crippen LogP contribution is -2.07. The highest BCUT2D eigenvalue weighted by molar-refractivity contribution is 5.97. The molecule has 22 heavy (non-hydrogen) atoms. The fraction of sp³-hybridized carbons (Fsp3) is 0.188. The number of pyridine rings is 1. The summed E-state index contributed by atoms with van der Waals surface area (Å²) in [5.74, 6) is 0.535. The summed E-state index contributed by atoms with van der Waals surface area (Å²) in [4.78, 5) is 26.9. The Balaban J connectivity index is 2.49. The average molecular weight is 301 g/mol. The van der Waals surface area contributed by atoms with Gasteiger partial charge in [-0.1, -0.05) is 0 Å². The normalized spacial score (nSPS) is 9.95. The molecule has 114 valence electrons. The molecule has 6 heteroatoms. The van der Waals surface area contributed by atoms with E-state index in [2.05, 4.69) is 9.72 Å². The highest BCUT2D eigenvalue weighted by Gasteiger charge is 2.15. The minimum Gasteiger partial charge on any atom is -0.493 e. The average Bonchev–Trinajstić information content (AvgIpc) is 2.59. The van der Waals surface area contributed by atoms with Gasteiger partial charge in [0.05, 0.1) is 32.6 Å². The third kappa shape index (κ3) is 2.90. The van der Waals surface area contributed by atoms with E-state index in [0.29, 0.717) is 23.5 Å². The van der Waals surface area contributed by atoms with Crippen molar-refractivity contribution in [3.8, 4) is 22.8 Å². The lowest BCUT2D eigenvalue weighted by Gasteiger charge is -2.10. The first-order chi connectivity index (χ1) is 10.6. The maximum absolute atomic E-state index is 11.6. The molecule has 0 bridgehead atoms. The fourth-order valence-corrected chi connectivity index (χ4v) is 2.00. The second kappa shape index (κ2) is 6.71. The number of aldehydes is 1. The van der Waals surface area contributed by atoms with Crippen molar-refractivity contribution in [2.75, 3.05) is 21.3 Å². The lowest BCUT2D eigenvalue weighted by atomic mass is 10.1. The van der Waals surface area contributed by atoms with E-state index in [-0.39, 0.29) is 11.3 Å². The van der Waals surface area contributed by atoms with Crippen LogP contribution >= 0.6 is 0 Å². The molecule has 0 saturated heterocycles. The zero-order chi connectivity index (χ0) is 16.1. The van der Waals surface area contributed by atoms with Crippen molar-refractivity contribution in [2.45, 2.75) is 0 Å². The molecule has 0 atom stereocenters. The molecule has 0 aliphatic carbocycles. The molecule has 2 rings (SSSR count). The van der Waals surface area contributed by atoms with Gasteiger partial charge < -0.3 is 14.2 Å². The fourth-order valence-electron chi connectivity index (χ4n) is 2.00. The van der Waals surface area contributed by atoms with E-state index < -0.39 is 5.97 Å². The van der Waals surface area contributed by atoms with Crippen molar-refractivity contribution in [3.63, 3.8) is 0 Å². The van der Waals surface area contributed by atoms with Gasteiger partial charge in [-0.05, 0) is 30.3 Å². The Bertz CT molecular complexity index is 712. The molecule has 0 radical (unpaired) electrons. The topological polar surface area (TPSA) is 74.7 Å². The van der Waals surface area contributed by atoms with Gasteiger partial charge in [0.2, 0.25) is 0 Å². The maximum atomic E-state index is 11.6. The van der Waals surface area contributed by atoms with Crippen molar-refractivity contribution in [1.82, 2.24) is 4.98 Å². The van der Waals surface area contributed by atoms with Gasteiger partial charge in [-0.15, -0.1) is 0 Å². The largest absolute Gasteiger partial charge is 0.493 e. The van der Waals surface area contributed by atoms with Gasteiger partial charge in [0.15, 0.2) is 17.8 Å². The Morgan fingerprint density at radius 2 is 1.77 bits per heavy atom. The molecule has 1 aromatic heterocycles. The standard InChI is InChI=1S/C16H15NO5/c1-20-14-7-4-10(8-15(14)21-2)12-6-5-11(16(19)22-3)13(9-18)17-12/h4-9H,1-3H3. The molecule has 0 saturated carbocycles. The first kappa shape index (κ1) is 15.5. The van der Waals surface area contributed by atoms with Crippen LogP contribution in [0.15, 0.2) is 30.3 Å². The number of hydrogen-bond acceptors (Lipinski definition) is 6. The van der Waals surface area contributed by atoms with E-state index in [1.54, 1.807) is 31.4 Å². The van der Waals surface area contributed by atoms with E-state index in [0.717, 1.165) is 5.56 Å². The third-order valence-corrected chi connectivity index (χ3v) is 3.12. The highest BCUT2D eigenvalue weighted by atomic mass is 16.5. The Kier molecular flexibility index (Phi) is 4.73. The second-order valence-electron chi connectivity index (χ2n) is 4.31. The van der Waals surface area contributed by atoms with Crippen LogP contribution < -0.4 is 9.47 Å². The van der Waals surface area contributed by atoms with Crippen molar-refractivity contribution in [1.29, 1.82) is 0 Å². The van der Waals surface area contributed by atoms with Gasteiger partial charge in [0, 0.05) is 5.56 Å². The van der Waals surface area contributed by atoms with Crippen LogP contribution in [0.2, 0.25) is 0 Å². The van der Waals surface area contributed by atoms with Gasteiger partial charge >= 0.3 is 5.97 Å². The summed E-state index contributed by atoms with van der Waals surface area (Å²) in [6, 6.07) is 8.42. The van der Waals surface area contributed by atoms with Crippen LogP contribution in [0.1, 0.15) is 20.8 Å². The summed E-state index contributed by atoms with van der Waals surface area (Å²) in [6.07, 6.45) is 0.524. The lowest BCUT2D eigenvalue weighted by molar-refractivity contribution is 0.0597. The zero-order valence-electron chi connectivity index (χ0n) is 12.5. The van der Waals surface area contributed by atoms with Gasteiger partial charge in [-0.25, -0.2) is 9.78 Å². The highest BCUT2D eigenvalue weighted by Crippen LogP contribution is 2.31. The molecule has 0 aliphatic heterocycles. The Labute approximate surface area is 127 Å². The van der Waals surface area contributed by atoms with Gasteiger partial charge in [0.25, 0.3) is 0 Å². The van der Waals surface area contributed by atoms with Crippen molar-refractivity contribution < 1.29 is 23.8 Å². The molecular weight excluding hydrogens is 286 g/mol. The number of benzene rings is 1. The second-order valence-corrected chi connectivity index (χ2v) is 4.31. The summed E-state index contributed by atoms with van der Waals surface area (Å²) in [5, 5.41) is 0. The minimum atomic E-state index is -0.603. The van der Waals surface area contributed by atoms with E-state index in [4.69, 9.17) is 9.47 Å². The van der Waals surface area contributed by atoms with Crippen molar-refractivity contribution >= 4 is 12.3 Å². The number of methoxy groups -OCH3 is 3. The number of rotatable bonds is 5. The molecule has 0 N–H and O–H groups in total. The van der Waals surface area contributed by atoms with E-state index in [9.17, 15) is 9.59 Å². The predicted octanol–water partition coefficient (Wildman–Crippen LogP) is 2.36. The molecule has 1 aromatic carbocycles. The van der Waals surface area contributed by atoms with Gasteiger partial charge in [-0.3, -0.25) is 4.79 Å². The van der Waals surface area contributed by atoms with Crippen LogP contribution in [-0.4, -0.2) is 38.6 Å². The Morgan fingerprint density at radius 3 is 2.36 bits per heavy atom. The Hall–Kier alpha value is -2.89. The molecule has 0 spiro atoms. The van der Waals surface area contributed by atoms with E-state index >= 15 is 0 Å². The van der Waals surface area contributed by atoms with Crippen LogP contribution in [0.3, 0.4) is 0 Å². The van der Waals surface area contributed by atoms with E-state index in [1.807, 2.05) is 0 Å². The van der Waals surface area contributed by atoms with Crippen molar-refractivity contribution in [3.05, 3.63) is 41.6 Å². The first-order valence-electron chi connectivity index (χ1n) is 6.41. The summed E-state index contributed by atoms with van der Waals surface area (Å²) in [6.45, 7) is 0. The minimum absolute atomic E-state index is 0.0270. The van der Waals surface area contributed by atoms with Gasteiger partial charge in [0.1, 0.15) is 5.69 Å². The maximum Gasteiger partial charge on any atom is 0.340 e. The number of ether oxygens (including phenoxy) is 3. The summed E-state index contributed by atoms with van der Waals surface area (Å²) in [7, 11) is 4.33. The van der Waals surface area contributed by atoms with Crippen molar-refractivity contribution in [2.24, 2.45) is 0 Å². The first-order valence-corrected chi connectivity index (χ1v) is 6.41. The summed E-state index contributed by atoms with van der Waals surface area (Å²) >= 11 is 0.